The smallest absolute Gasteiger partial charge is 0.303 e. The molecule has 0 radical (unpaired) electrons. The summed E-state index contributed by atoms with van der Waals surface area (Å²) < 4.78 is 0. The maximum Gasteiger partial charge on any atom is 0.303 e. The topological polar surface area (TPSA) is 130 Å². The number of carbonyl (C=O) groups excluding carboxylic acids is 4. The standard InChI is InChI=1S/2C4H5NO2.C3H6O2/c2*6-3-1-2-4(7)5-3;1-2-3(4)5/h2*1-2H2,(H,5,6,7);2H2,1H3,(H,4,5). The minimum Gasteiger partial charge on any atom is -0.481 e. The Labute approximate surface area is 109 Å². The van der Waals surface area contributed by atoms with E-state index in [1.54, 1.807) is 6.92 Å². The first kappa shape index (κ1) is 16.8. The molecular weight excluding hydrogens is 256 g/mol. The predicted octanol–water partition coefficient (Wildman–Crippen LogP) is -0.673. The molecule has 8 nitrogen and oxygen atoms in total. The lowest BCUT2D eigenvalue weighted by Gasteiger charge is -1.79. The minimum atomic E-state index is -0.745. The molecule has 2 aliphatic rings. The summed E-state index contributed by atoms with van der Waals surface area (Å²) >= 11 is 0. The van der Waals surface area contributed by atoms with Gasteiger partial charge in [-0.15, -0.1) is 0 Å². The van der Waals surface area contributed by atoms with E-state index in [1.807, 2.05) is 0 Å². The minimum absolute atomic E-state index is 0.148. The molecule has 106 valence electrons. The van der Waals surface area contributed by atoms with Crippen molar-refractivity contribution < 1.29 is 29.1 Å². The summed E-state index contributed by atoms with van der Waals surface area (Å²) in [6.45, 7) is 1.60. The van der Waals surface area contributed by atoms with Crippen molar-refractivity contribution in [3.8, 4) is 0 Å². The lowest BCUT2D eigenvalue weighted by atomic mass is 10.4. The number of hydrogen-bond acceptors (Lipinski definition) is 5. The first-order valence-corrected chi connectivity index (χ1v) is 5.72. The lowest BCUT2D eigenvalue weighted by Crippen LogP contribution is -2.18. The summed E-state index contributed by atoms with van der Waals surface area (Å²) in [4.78, 5) is 49.9. The van der Waals surface area contributed by atoms with Crippen LogP contribution < -0.4 is 10.6 Å². The van der Waals surface area contributed by atoms with Crippen LogP contribution >= 0.6 is 0 Å². The zero-order valence-electron chi connectivity index (χ0n) is 10.5. The Morgan fingerprint density at radius 1 is 0.895 bits per heavy atom. The molecule has 0 aliphatic carbocycles. The first-order valence-electron chi connectivity index (χ1n) is 5.72. The molecule has 2 heterocycles. The van der Waals surface area contributed by atoms with Crippen molar-refractivity contribution in [2.75, 3.05) is 0 Å². The molecule has 0 saturated carbocycles. The van der Waals surface area contributed by atoms with E-state index in [9.17, 15) is 24.0 Å². The molecule has 3 N–H and O–H groups in total. The number of carboxylic acids is 1. The van der Waals surface area contributed by atoms with Crippen LogP contribution in [0.3, 0.4) is 0 Å². The normalized spacial score (nSPS) is 16.7. The van der Waals surface area contributed by atoms with Gasteiger partial charge in [-0.25, -0.2) is 0 Å². The van der Waals surface area contributed by atoms with Crippen LogP contribution in [-0.4, -0.2) is 34.7 Å². The van der Waals surface area contributed by atoms with Gasteiger partial charge >= 0.3 is 5.97 Å². The summed E-state index contributed by atoms with van der Waals surface area (Å²) in [6.07, 6.45) is 1.72. The Bertz CT molecular complexity index is 333. The Kier molecular flexibility index (Phi) is 7.74. The van der Waals surface area contributed by atoms with Crippen LogP contribution in [0.5, 0.6) is 0 Å². The molecule has 4 amide bonds. The third-order valence-electron chi connectivity index (χ3n) is 2.02. The van der Waals surface area contributed by atoms with Gasteiger partial charge in [0, 0.05) is 32.1 Å². The highest BCUT2D eigenvalue weighted by Gasteiger charge is 2.16. The van der Waals surface area contributed by atoms with Crippen molar-refractivity contribution in [2.45, 2.75) is 39.0 Å². The van der Waals surface area contributed by atoms with Crippen LogP contribution in [0.2, 0.25) is 0 Å². The number of hydrogen-bond donors (Lipinski definition) is 3. The second kappa shape index (κ2) is 8.78. The fourth-order valence-electron chi connectivity index (χ4n) is 1.02. The monoisotopic (exact) mass is 272 g/mol. The fraction of sp³-hybridized carbons (Fsp3) is 0.545. The second-order valence-corrected chi connectivity index (χ2v) is 3.69. The summed E-state index contributed by atoms with van der Waals surface area (Å²) in [7, 11) is 0. The molecule has 0 unspecified atom stereocenters. The van der Waals surface area contributed by atoms with Crippen molar-refractivity contribution in [3.05, 3.63) is 0 Å². The predicted molar refractivity (Wildman–Crippen MR) is 62.7 cm³/mol. The van der Waals surface area contributed by atoms with E-state index in [2.05, 4.69) is 10.6 Å². The Morgan fingerprint density at radius 2 is 1.11 bits per heavy atom. The van der Waals surface area contributed by atoms with Crippen molar-refractivity contribution >= 4 is 29.6 Å². The number of carboxylic acid groups (broad SMARTS) is 1. The molecule has 0 aromatic carbocycles. The van der Waals surface area contributed by atoms with Gasteiger partial charge < -0.3 is 5.11 Å². The lowest BCUT2D eigenvalue weighted by molar-refractivity contribution is -0.136. The van der Waals surface area contributed by atoms with Gasteiger partial charge in [-0.2, -0.15) is 0 Å². The Morgan fingerprint density at radius 3 is 1.16 bits per heavy atom. The zero-order valence-corrected chi connectivity index (χ0v) is 10.5. The van der Waals surface area contributed by atoms with Crippen molar-refractivity contribution in [1.29, 1.82) is 0 Å². The molecule has 0 bridgehead atoms. The van der Waals surface area contributed by atoms with Gasteiger partial charge in [-0.1, -0.05) is 6.92 Å². The summed E-state index contributed by atoms with van der Waals surface area (Å²) in [5, 5.41) is 12.0. The third-order valence-corrected chi connectivity index (χ3v) is 2.02. The van der Waals surface area contributed by atoms with Crippen LogP contribution in [0.1, 0.15) is 39.0 Å². The highest BCUT2D eigenvalue weighted by molar-refractivity contribution is 6.02. The van der Waals surface area contributed by atoms with Crippen LogP contribution in [0.15, 0.2) is 0 Å². The first-order chi connectivity index (χ1) is 8.85. The molecule has 0 spiro atoms. The van der Waals surface area contributed by atoms with Crippen molar-refractivity contribution in [2.24, 2.45) is 0 Å². The van der Waals surface area contributed by atoms with E-state index >= 15 is 0 Å². The quantitative estimate of drug-likeness (QED) is 0.542. The summed E-state index contributed by atoms with van der Waals surface area (Å²) in [5.74, 6) is -1.34. The fourth-order valence-corrected chi connectivity index (χ4v) is 1.02. The number of nitrogens with one attached hydrogen (secondary N) is 2. The van der Waals surface area contributed by atoms with E-state index in [4.69, 9.17) is 5.11 Å². The van der Waals surface area contributed by atoms with Gasteiger partial charge in [0.2, 0.25) is 23.6 Å². The van der Waals surface area contributed by atoms with E-state index in [1.165, 1.54) is 0 Å². The van der Waals surface area contributed by atoms with Crippen LogP contribution in [0, 0.1) is 0 Å². The average molecular weight is 272 g/mol. The molecule has 19 heavy (non-hydrogen) atoms. The van der Waals surface area contributed by atoms with Crippen LogP contribution in [-0.2, 0) is 24.0 Å². The van der Waals surface area contributed by atoms with Gasteiger partial charge in [-0.05, 0) is 0 Å². The summed E-state index contributed by atoms with van der Waals surface area (Å²) in [6, 6.07) is 0. The Hall–Kier alpha value is -2.25. The van der Waals surface area contributed by atoms with Crippen LogP contribution in [0.25, 0.3) is 0 Å². The van der Waals surface area contributed by atoms with Gasteiger partial charge in [0.15, 0.2) is 0 Å². The Balaban J connectivity index is 0.000000261. The van der Waals surface area contributed by atoms with E-state index in [0.29, 0.717) is 25.7 Å². The van der Waals surface area contributed by atoms with E-state index in [0.717, 1.165) is 0 Å². The molecule has 0 atom stereocenters. The second-order valence-electron chi connectivity index (χ2n) is 3.69. The third kappa shape index (κ3) is 9.45. The maximum absolute atomic E-state index is 10.1. The van der Waals surface area contributed by atoms with Gasteiger partial charge in [0.05, 0.1) is 0 Å². The molecule has 2 aliphatic heterocycles. The van der Waals surface area contributed by atoms with Crippen molar-refractivity contribution in [3.63, 3.8) is 0 Å². The molecule has 8 heteroatoms. The molecule has 2 saturated heterocycles. The van der Waals surface area contributed by atoms with Crippen LogP contribution in [0.4, 0.5) is 0 Å². The molecule has 0 aromatic rings. The number of rotatable bonds is 1. The number of amides is 4. The number of carbonyl (C=O) groups is 5. The van der Waals surface area contributed by atoms with Gasteiger partial charge in [-0.3, -0.25) is 34.6 Å². The molecule has 2 fully saturated rings. The number of imide groups is 2. The number of aliphatic carboxylic acids is 1. The highest BCUT2D eigenvalue weighted by Crippen LogP contribution is 1.96. The zero-order chi connectivity index (χ0) is 14.8. The van der Waals surface area contributed by atoms with Gasteiger partial charge in [0.25, 0.3) is 0 Å². The largest absolute Gasteiger partial charge is 0.481 e. The highest BCUT2D eigenvalue weighted by atomic mass is 16.4. The molecular formula is C11H16N2O6. The van der Waals surface area contributed by atoms with E-state index in [-0.39, 0.29) is 30.0 Å². The van der Waals surface area contributed by atoms with Crippen molar-refractivity contribution in [1.82, 2.24) is 10.6 Å². The SMILES string of the molecule is CCC(=O)O.O=C1CCC(=O)N1.O=C1CCC(=O)N1. The maximum atomic E-state index is 10.1. The van der Waals surface area contributed by atoms with E-state index < -0.39 is 5.97 Å². The average Bonchev–Trinajstić information content (AvgIpc) is 2.89. The molecule has 0 aromatic heterocycles. The molecule has 2 rings (SSSR count). The summed E-state index contributed by atoms with van der Waals surface area (Å²) in [5.41, 5.74) is 0. The van der Waals surface area contributed by atoms with Gasteiger partial charge in [0.1, 0.15) is 0 Å².